The van der Waals surface area contributed by atoms with Crippen LogP contribution in [0.3, 0.4) is 0 Å². The topological polar surface area (TPSA) is 38.0 Å². The normalized spacial score (nSPS) is 19.3. The predicted octanol–water partition coefficient (Wildman–Crippen LogP) is 5.97. The molecule has 5 heteroatoms. The van der Waals surface area contributed by atoms with Gasteiger partial charge in [0.25, 0.3) is 0 Å². The van der Waals surface area contributed by atoms with Crippen molar-refractivity contribution >= 4 is 28.7 Å². The first kappa shape index (κ1) is 21.2. The van der Waals surface area contributed by atoms with E-state index in [0.717, 1.165) is 42.6 Å². The maximum atomic E-state index is 13.3. The molecule has 30 heavy (non-hydrogen) atoms. The Labute approximate surface area is 190 Å². The molecule has 0 fully saturated rings. The molecule has 0 aliphatic heterocycles. The van der Waals surface area contributed by atoms with Crippen molar-refractivity contribution in [2.75, 3.05) is 0 Å². The van der Waals surface area contributed by atoms with E-state index in [9.17, 15) is 9.50 Å². The second kappa shape index (κ2) is 8.63. The molecule has 0 bridgehead atoms. The molecule has 0 amide bonds. The number of nitrogens with zero attached hydrogens (tertiary/aromatic N) is 2. The second-order valence-corrected chi connectivity index (χ2v) is 9.37. The summed E-state index contributed by atoms with van der Waals surface area (Å²) >= 11 is 2.36. The number of aliphatic hydroxyl groups excluding tert-OH is 1. The molecule has 2 aromatic carbocycles. The van der Waals surface area contributed by atoms with E-state index in [0.29, 0.717) is 0 Å². The first-order valence-electron chi connectivity index (χ1n) is 10.4. The number of benzene rings is 2. The molecule has 1 heterocycles. The quantitative estimate of drug-likeness (QED) is 0.411. The third kappa shape index (κ3) is 3.97. The molecule has 0 saturated heterocycles. The van der Waals surface area contributed by atoms with E-state index in [-0.39, 0.29) is 11.2 Å². The van der Waals surface area contributed by atoms with Crippen LogP contribution in [0.25, 0.3) is 11.8 Å². The fourth-order valence-electron chi connectivity index (χ4n) is 4.46. The molecular formula is C25H26FIN2O. The van der Waals surface area contributed by atoms with Crippen LogP contribution in [0.2, 0.25) is 0 Å². The minimum Gasteiger partial charge on any atom is -0.392 e. The van der Waals surface area contributed by atoms with Crippen molar-refractivity contribution in [1.29, 1.82) is 0 Å². The van der Waals surface area contributed by atoms with Crippen molar-refractivity contribution in [3.8, 4) is 5.69 Å². The lowest BCUT2D eigenvalue weighted by atomic mass is 9.67. The molecule has 2 atom stereocenters. The number of aromatic nitrogens is 2. The lowest BCUT2D eigenvalue weighted by molar-refractivity contribution is 0.0531. The van der Waals surface area contributed by atoms with Gasteiger partial charge in [0, 0.05) is 8.99 Å². The van der Waals surface area contributed by atoms with Gasteiger partial charge in [-0.2, -0.15) is 5.10 Å². The lowest BCUT2D eigenvalue weighted by Crippen LogP contribution is -2.38. The Morgan fingerprint density at radius 1 is 1.20 bits per heavy atom. The Balaban J connectivity index is 1.60. The summed E-state index contributed by atoms with van der Waals surface area (Å²) in [7, 11) is 0. The highest BCUT2D eigenvalue weighted by atomic mass is 127. The fourth-order valence-corrected chi connectivity index (χ4v) is 5.12. The fraction of sp³-hybridized carbons (Fsp3) is 0.320. The largest absolute Gasteiger partial charge is 0.392 e. The van der Waals surface area contributed by atoms with E-state index < -0.39 is 6.10 Å². The zero-order valence-corrected chi connectivity index (χ0v) is 19.4. The lowest BCUT2D eigenvalue weighted by Gasteiger charge is -2.39. The molecule has 4 rings (SSSR count). The molecule has 1 aromatic heterocycles. The summed E-state index contributed by atoms with van der Waals surface area (Å²) in [5, 5.41) is 15.8. The standard InChI is InChI=1S/C25H26FIN2O/c1-3-19-14-23-18(16-28-29(23)21-11-9-20(26)10-12-21)15-25(19,2)24(30)13-8-17-6-4-5-7-22(17)27/h4-7,9-12,14,16,24,30H,3,8,13,15H2,1-2H3/t24-,25?/m0/s1. The van der Waals surface area contributed by atoms with Crippen LogP contribution >= 0.6 is 22.6 Å². The van der Waals surface area contributed by atoms with Gasteiger partial charge in [-0.15, -0.1) is 0 Å². The van der Waals surface area contributed by atoms with Crippen molar-refractivity contribution < 1.29 is 9.50 Å². The number of aryl methyl sites for hydroxylation is 1. The van der Waals surface area contributed by atoms with E-state index >= 15 is 0 Å². The van der Waals surface area contributed by atoms with E-state index in [4.69, 9.17) is 0 Å². The van der Waals surface area contributed by atoms with Crippen LogP contribution in [0.4, 0.5) is 4.39 Å². The molecular weight excluding hydrogens is 490 g/mol. The SMILES string of the molecule is CCC1=Cc2c(cnn2-c2ccc(F)cc2)CC1(C)[C@@H](O)CCc1ccccc1I. The Morgan fingerprint density at radius 2 is 1.93 bits per heavy atom. The highest BCUT2D eigenvalue weighted by Crippen LogP contribution is 2.44. The average molecular weight is 516 g/mol. The molecule has 1 aliphatic rings. The summed E-state index contributed by atoms with van der Waals surface area (Å²) in [6.45, 7) is 4.31. The van der Waals surface area contributed by atoms with Gasteiger partial charge in [0.05, 0.1) is 23.7 Å². The highest BCUT2D eigenvalue weighted by Gasteiger charge is 2.39. The first-order valence-corrected chi connectivity index (χ1v) is 11.5. The van der Waals surface area contributed by atoms with Gasteiger partial charge in [0.15, 0.2) is 0 Å². The maximum Gasteiger partial charge on any atom is 0.123 e. The van der Waals surface area contributed by atoms with Crippen LogP contribution in [0, 0.1) is 14.8 Å². The van der Waals surface area contributed by atoms with Crippen molar-refractivity contribution in [1.82, 2.24) is 9.78 Å². The van der Waals surface area contributed by atoms with Crippen LogP contribution < -0.4 is 0 Å². The first-order chi connectivity index (χ1) is 14.4. The third-order valence-corrected chi connectivity index (χ3v) is 7.37. The Morgan fingerprint density at radius 3 is 2.63 bits per heavy atom. The zero-order valence-electron chi connectivity index (χ0n) is 17.3. The van der Waals surface area contributed by atoms with Gasteiger partial charge < -0.3 is 5.11 Å². The molecule has 1 aliphatic carbocycles. The van der Waals surface area contributed by atoms with Crippen LogP contribution in [-0.4, -0.2) is 21.0 Å². The molecule has 0 spiro atoms. The monoisotopic (exact) mass is 516 g/mol. The van der Waals surface area contributed by atoms with Gasteiger partial charge in [-0.05, 0) is 95.8 Å². The smallest absolute Gasteiger partial charge is 0.123 e. The number of fused-ring (bicyclic) bond motifs is 1. The summed E-state index contributed by atoms with van der Waals surface area (Å²) < 4.78 is 16.4. The molecule has 3 nitrogen and oxygen atoms in total. The number of hydrogen-bond donors (Lipinski definition) is 1. The summed E-state index contributed by atoms with van der Waals surface area (Å²) in [5.41, 5.74) is 5.18. The van der Waals surface area contributed by atoms with E-state index in [2.05, 4.69) is 65.8 Å². The number of hydrogen-bond acceptors (Lipinski definition) is 2. The zero-order chi connectivity index (χ0) is 21.3. The van der Waals surface area contributed by atoms with Crippen molar-refractivity contribution in [3.05, 3.63) is 86.5 Å². The highest BCUT2D eigenvalue weighted by molar-refractivity contribution is 14.1. The van der Waals surface area contributed by atoms with Crippen LogP contribution in [0.1, 0.15) is 43.5 Å². The van der Waals surface area contributed by atoms with Gasteiger partial charge in [-0.3, -0.25) is 0 Å². The number of rotatable bonds is 6. The van der Waals surface area contributed by atoms with Crippen LogP contribution in [0.15, 0.2) is 60.3 Å². The Kier molecular flexibility index (Phi) is 6.11. The third-order valence-electron chi connectivity index (χ3n) is 6.32. The molecule has 156 valence electrons. The Hall–Kier alpha value is -1.99. The van der Waals surface area contributed by atoms with Crippen LogP contribution in [0.5, 0.6) is 0 Å². The Bertz CT molecular complexity index is 1070. The number of aliphatic hydroxyl groups is 1. The average Bonchev–Trinajstić information content (AvgIpc) is 3.15. The molecule has 1 unspecified atom stereocenters. The summed E-state index contributed by atoms with van der Waals surface area (Å²) in [5.74, 6) is -0.256. The van der Waals surface area contributed by atoms with Gasteiger partial charge in [-0.25, -0.2) is 9.07 Å². The molecule has 3 aromatic rings. The van der Waals surface area contributed by atoms with Gasteiger partial charge in [0.2, 0.25) is 0 Å². The number of halogens is 2. The maximum absolute atomic E-state index is 13.3. The van der Waals surface area contributed by atoms with E-state index in [1.165, 1.54) is 26.8 Å². The molecule has 0 radical (unpaired) electrons. The minimum absolute atomic E-state index is 0.256. The second-order valence-electron chi connectivity index (χ2n) is 8.21. The van der Waals surface area contributed by atoms with E-state index in [1.807, 2.05) is 16.9 Å². The van der Waals surface area contributed by atoms with E-state index in [1.54, 1.807) is 12.1 Å². The van der Waals surface area contributed by atoms with Gasteiger partial charge >= 0.3 is 0 Å². The van der Waals surface area contributed by atoms with Crippen molar-refractivity contribution in [2.45, 2.75) is 45.6 Å². The van der Waals surface area contributed by atoms with Crippen LogP contribution in [-0.2, 0) is 12.8 Å². The summed E-state index contributed by atoms with van der Waals surface area (Å²) in [6, 6.07) is 14.7. The van der Waals surface area contributed by atoms with Gasteiger partial charge in [0.1, 0.15) is 5.82 Å². The minimum atomic E-state index is -0.443. The van der Waals surface area contributed by atoms with Crippen molar-refractivity contribution in [3.63, 3.8) is 0 Å². The summed E-state index contributed by atoms with van der Waals surface area (Å²) in [6.07, 6.45) is 6.80. The van der Waals surface area contributed by atoms with Gasteiger partial charge in [-0.1, -0.05) is 37.6 Å². The summed E-state index contributed by atoms with van der Waals surface area (Å²) in [4.78, 5) is 0. The molecule has 0 saturated carbocycles. The predicted molar refractivity (Wildman–Crippen MR) is 127 cm³/mol. The van der Waals surface area contributed by atoms with Crippen molar-refractivity contribution in [2.24, 2.45) is 5.41 Å². The molecule has 1 N–H and O–H groups in total.